The van der Waals surface area contributed by atoms with Crippen LogP contribution in [0.4, 0.5) is 0 Å². The van der Waals surface area contributed by atoms with E-state index in [1.54, 1.807) is 12.2 Å². The van der Waals surface area contributed by atoms with Gasteiger partial charge >= 0.3 is 11.9 Å². The third-order valence-corrected chi connectivity index (χ3v) is 12.4. The first-order chi connectivity index (χ1) is 29.6. The van der Waals surface area contributed by atoms with Crippen molar-refractivity contribution in [1.29, 1.82) is 0 Å². The van der Waals surface area contributed by atoms with Crippen LogP contribution in [-0.4, -0.2) is 109 Å². The van der Waals surface area contributed by atoms with Crippen molar-refractivity contribution in [3.8, 4) is 0 Å². The van der Waals surface area contributed by atoms with Gasteiger partial charge in [0.2, 0.25) is 0 Å². The summed E-state index contributed by atoms with van der Waals surface area (Å²) < 4.78 is 33.8. The number of hydrogen-bond acceptors (Lipinski definition) is 12. The second-order valence-corrected chi connectivity index (χ2v) is 19.8. The summed E-state index contributed by atoms with van der Waals surface area (Å²) in [6.45, 7) is 3.68. The lowest BCUT2D eigenvalue weighted by Crippen LogP contribution is -2.37. The molecule has 0 heterocycles. The maximum atomic E-state index is 12.9. The number of ketones is 1. The van der Waals surface area contributed by atoms with Crippen LogP contribution < -0.4 is 4.89 Å². The number of hydrogen-bond donors (Lipinski definition) is 3. The Balaban J connectivity index is 2.48. The fourth-order valence-corrected chi connectivity index (χ4v) is 8.26. The Bertz CT molecular complexity index is 1290. The molecule has 0 amide bonds. The van der Waals surface area contributed by atoms with Gasteiger partial charge in [0.1, 0.15) is 25.5 Å². The number of carbonyl (C=O) groups is 3. The number of quaternary nitrogens is 1. The molecule has 62 heavy (non-hydrogen) atoms. The SMILES string of the molecule is CCCCCCCC/C=C\CCCCCCCCCC(=O)OC[C@H](COP(=O)([O-])OCC[N+](C)(C)C)OC(=O)CCCCC(=O)C[C@@H]1[C@@H](/C=C/[C@@H](O)CCCCC)[C@H](O)C[C@@H]1O. The highest BCUT2D eigenvalue weighted by molar-refractivity contribution is 7.45. The third kappa shape index (κ3) is 31.8. The van der Waals surface area contributed by atoms with E-state index < -0.39 is 62.6 Å². The molecule has 0 radical (unpaired) electrons. The van der Waals surface area contributed by atoms with E-state index in [0.717, 1.165) is 44.9 Å². The van der Waals surface area contributed by atoms with E-state index in [2.05, 4.69) is 26.0 Å². The van der Waals surface area contributed by atoms with Gasteiger partial charge in [0, 0.05) is 43.9 Å². The predicted octanol–water partition coefficient (Wildman–Crippen LogP) is 8.84. The Morgan fingerprint density at radius 2 is 1.27 bits per heavy atom. The zero-order chi connectivity index (χ0) is 46.1. The number of nitrogens with zero attached hydrogens (tertiary/aromatic N) is 1. The lowest BCUT2D eigenvalue weighted by atomic mass is 9.87. The normalized spacial score (nSPS) is 20.1. The first-order valence-electron chi connectivity index (χ1n) is 24.2. The average molecular weight is 902 g/mol. The van der Waals surface area contributed by atoms with E-state index >= 15 is 0 Å². The number of phosphoric acid groups is 1. The Kier molecular flexibility index (Phi) is 33.1. The van der Waals surface area contributed by atoms with E-state index in [1.807, 2.05) is 21.1 Å². The van der Waals surface area contributed by atoms with Gasteiger partial charge in [-0.1, -0.05) is 122 Å². The zero-order valence-corrected chi connectivity index (χ0v) is 40.3. The Morgan fingerprint density at radius 1 is 0.726 bits per heavy atom. The van der Waals surface area contributed by atoms with Crippen molar-refractivity contribution >= 4 is 25.5 Å². The maximum absolute atomic E-state index is 12.9. The highest BCUT2D eigenvalue weighted by Gasteiger charge is 2.41. The fourth-order valence-electron chi connectivity index (χ4n) is 7.53. The number of aliphatic hydroxyl groups excluding tert-OH is 3. The summed E-state index contributed by atoms with van der Waals surface area (Å²) in [5.74, 6) is -2.14. The minimum Gasteiger partial charge on any atom is -0.756 e. The molecule has 13 nitrogen and oxygen atoms in total. The second kappa shape index (κ2) is 35.3. The van der Waals surface area contributed by atoms with Crippen LogP contribution in [0, 0.1) is 11.8 Å². The Hall–Kier alpha value is -1.96. The van der Waals surface area contributed by atoms with Crippen LogP contribution in [0.1, 0.15) is 181 Å². The number of rotatable bonds is 40. The number of Topliss-reactive ketones (excluding diaryl/α,β-unsaturated/α-hetero) is 1. The van der Waals surface area contributed by atoms with E-state index in [-0.39, 0.29) is 51.1 Å². The molecular weight excluding hydrogens is 813 g/mol. The lowest BCUT2D eigenvalue weighted by molar-refractivity contribution is -0.870. The summed E-state index contributed by atoms with van der Waals surface area (Å²) in [7, 11) is 0.937. The molecule has 0 aromatic rings. The van der Waals surface area contributed by atoms with Gasteiger partial charge in [0.05, 0.1) is 46.1 Å². The van der Waals surface area contributed by atoms with Crippen molar-refractivity contribution in [2.75, 3.05) is 47.5 Å². The molecule has 0 spiro atoms. The van der Waals surface area contributed by atoms with Gasteiger partial charge in [0.25, 0.3) is 7.82 Å². The van der Waals surface area contributed by atoms with Crippen LogP contribution >= 0.6 is 7.82 Å². The minimum absolute atomic E-state index is 0.0607. The van der Waals surface area contributed by atoms with Crippen molar-refractivity contribution < 1.29 is 62.2 Å². The summed E-state index contributed by atoms with van der Waals surface area (Å²) in [4.78, 5) is 50.8. The Morgan fingerprint density at radius 3 is 1.90 bits per heavy atom. The van der Waals surface area contributed by atoms with Gasteiger partial charge < -0.3 is 43.2 Å². The summed E-state index contributed by atoms with van der Waals surface area (Å²) in [6, 6.07) is 0. The first kappa shape index (κ1) is 58.1. The van der Waals surface area contributed by atoms with Gasteiger partial charge in [-0.05, 0) is 51.4 Å². The average Bonchev–Trinajstić information content (AvgIpc) is 3.47. The highest BCUT2D eigenvalue weighted by Crippen LogP contribution is 2.39. The molecule has 1 aliphatic carbocycles. The van der Waals surface area contributed by atoms with E-state index in [1.165, 1.54) is 64.2 Å². The molecule has 0 aromatic carbocycles. The second-order valence-electron chi connectivity index (χ2n) is 18.4. The number of allylic oxidation sites excluding steroid dienone is 2. The monoisotopic (exact) mass is 902 g/mol. The van der Waals surface area contributed by atoms with Crippen molar-refractivity contribution in [3.05, 3.63) is 24.3 Å². The maximum Gasteiger partial charge on any atom is 0.306 e. The number of unbranched alkanes of at least 4 members (excludes halogenated alkanes) is 16. The van der Waals surface area contributed by atoms with Gasteiger partial charge in [-0.3, -0.25) is 18.9 Å². The number of phosphoric ester groups is 1. The molecule has 362 valence electrons. The lowest BCUT2D eigenvalue weighted by Gasteiger charge is -2.28. The quantitative estimate of drug-likeness (QED) is 0.0175. The molecule has 1 rings (SSSR count). The number of esters is 2. The Labute approximate surface area is 375 Å². The fraction of sp³-hybridized carbons (Fsp3) is 0.854. The molecule has 0 bridgehead atoms. The van der Waals surface area contributed by atoms with Gasteiger partial charge in [-0.25, -0.2) is 0 Å². The van der Waals surface area contributed by atoms with E-state index in [0.29, 0.717) is 36.7 Å². The molecule has 0 aromatic heterocycles. The molecule has 1 fully saturated rings. The highest BCUT2D eigenvalue weighted by atomic mass is 31.2. The minimum atomic E-state index is -4.73. The number of ether oxygens (including phenoxy) is 2. The smallest absolute Gasteiger partial charge is 0.306 e. The van der Waals surface area contributed by atoms with Gasteiger partial charge in [-0.2, -0.15) is 0 Å². The van der Waals surface area contributed by atoms with Crippen LogP contribution in [0.5, 0.6) is 0 Å². The van der Waals surface area contributed by atoms with Crippen molar-refractivity contribution in [1.82, 2.24) is 0 Å². The number of likely N-dealkylation sites (N-methyl/N-ethyl adjacent to an activating group) is 1. The van der Waals surface area contributed by atoms with E-state index in [9.17, 15) is 39.2 Å². The predicted molar refractivity (Wildman–Crippen MR) is 243 cm³/mol. The molecule has 3 N–H and O–H groups in total. The topological polar surface area (TPSA) is 189 Å². The van der Waals surface area contributed by atoms with Gasteiger partial charge in [0.15, 0.2) is 6.10 Å². The largest absolute Gasteiger partial charge is 0.756 e. The van der Waals surface area contributed by atoms with Crippen molar-refractivity contribution in [2.24, 2.45) is 11.8 Å². The molecule has 0 saturated heterocycles. The molecule has 1 aliphatic rings. The van der Waals surface area contributed by atoms with Crippen LogP contribution in [0.3, 0.4) is 0 Å². The third-order valence-electron chi connectivity index (χ3n) is 11.4. The summed E-state index contributed by atoms with van der Waals surface area (Å²) >= 11 is 0. The van der Waals surface area contributed by atoms with E-state index in [4.69, 9.17) is 18.5 Å². The number of carbonyl (C=O) groups excluding carboxylic acids is 3. The molecule has 7 atom stereocenters. The summed E-state index contributed by atoms with van der Waals surface area (Å²) in [5, 5.41) is 31.4. The van der Waals surface area contributed by atoms with Crippen LogP contribution in [-0.2, 0) is 37.5 Å². The molecule has 0 aliphatic heterocycles. The zero-order valence-electron chi connectivity index (χ0n) is 39.4. The number of aliphatic hydroxyl groups is 3. The van der Waals surface area contributed by atoms with Crippen molar-refractivity contribution in [3.63, 3.8) is 0 Å². The summed E-state index contributed by atoms with van der Waals surface area (Å²) in [6.07, 6.45) is 26.9. The van der Waals surface area contributed by atoms with Crippen LogP contribution in [0.15, 0.2) is 24.3 Å². The summed E-state index contributed by atoms with van der Waals surface area (Å²) in [5.41, 5.74) is 0. The van der Waals surface area contributed by atoms with Crippen LogP contribution in [0.25, 0.3) is 0 Å². The molecule has 14 heteroatoms. The standard InChI is InChI=1S/C48H88NO12P/c1-6-8-10-11-12-13-14-15-16-17-18-19-20-21-22-23-25-30-47(54)58-38-42(39-60-62(56,57)59-35-34-49(3,4)5)61-48(55)31-27-26-29-41(51)36-44-43(45(52)37-46(44)53)33-32-40(50)28-24-9-7-2/h15-16,32-33,40,42-46,50,52-53H,6-14,17-31,34-39H2,1-5H3/b16-15-,33-32+/t40-,42+,43+,44+,45+,46-/m0/s1. The van der Waals surface area contributed by atoms with Crippen LogP contribution in [0.2, 0.25) is 0 Å². The van der Waals surface area contributed by atoms with Gasteiger partial charge in [-0.15, -0.1) is 0 Å². The molecule has 1 unspecified atom stereocenters. The molecule has 1 saturated carbocycles. The van der Waals surface area contributed by atoms with Crippen molar-refractivity contribution in [2.45, 2.75) is 205 Å². The first-order valence-corrected chi connectivity index (χ1v) is 25.7. The molecular formula is C48H88NO12P.